The monoisotopic (exact) mass is 423 g/mol. The van der Waals surface area contributed by atoms with E-state index < -0.39 is 0 Å². The fraction of sp³-hybridized carbons (Fsp3) is 0.292. The number of halogens is 1. The predicted octanol–water partition coefficient (Wildman–Crippen LogP) is 4.81. The standard InChI is InChI=1S/C24H22ClNO4/c25-19-5-7-21-18(13-19)12-16(15-30-21)3-8-24(27)26-9-1-2-20(26)17-4-6-22-23(14-17)29-11-10-28-22/h3-8,12-14,20H,1-2,9-11,15H2/b8-3+/t20-/m0/s1. The summed E-state index contributed by atoms with van der Waals surface area (Å²) < 4.78 is 17.1. The van der Waals surface area contributed by atoms with Crippen LogP contribution in [0.15, 0.2) is 54.1 Å². The molecule has 1 amide bonds. The molecule has 5 nitrogen and oxygen atoms in total. The van der Waals surface area contributed by atoms with E-state index in [1.165, 1.54) is 0 Å². The lowest BCUT2D eigenvalue weighted by Gasteiger charge is -2.26. The largest absolute Gasteiger partial charge is 0.488 e. The van der Waals surface area contributed by atoms with E-state index in [1.807, 2.05) is 53.5 Å². The van der Waals surface area contributed by atoms with E-state index in [1.54, 1.807) is 6.08 Å². The molecular weight excluding hydrogens is 402 g/mol. The Balaban J connectivity index is 1.32. The van der Waals surface area contributed by atoms with Crippen molar-refractivity contribution < 1.29 is 19.0 Å². The molecule has 2 aromatic rings. The molecule has 1 fully saturated rings. The summed E-state index contributed by atoms with van der Waals surface area (Å²) >= 11 is 6.08. The Morgan fingerprint density at radius 3 is 2.77 bits per heavy atom. The van der Waals surface area contributed by atoms with Gasteiger partial charge in [-0.15, -0.1) is 0 Å². The smallest absolute Gasteiger partial charge is 0.247 e. The highest BCUT2D eigenvalue weighted by molar-refractivity contribution is 6.30. The molecule has 154 valence electrons. The van der Waals surface area contributed by atoms with Crippen LogP contribution in [-0.2, 0) is 4.79 Å². The van der Waals surface area contributed by atoms with Crippen LogP contribution in [0.5, 0.6) is 17.2 Å². The van der Waals surface area contributed by atoms with Crippen molar-refractivity contribution in [2.45, 2.75) is 18.9 Å². The molecule has 2 aromatic carbocycles. The number of carbonyl (C=O) groups is 1. The summed E-state index contributed by atoms with van der Waals surface area (Å²) in [7, 11) is 0. The average Bonchev–Trinajstić information content (AvgIpc) is 3.27. The Morgan fingerprint density at radius 1 is 1.03 bits per heavy atom. The van der Waals surface area contributed by atoms with Crippen molar-refractivity contribution in [2.24, 2.45) is 0 Å². The molecule has 0 saturated carbocycles. The summed E-state index contributed by atoms with van der Waals surface area (Å²) in [5.74, 6) is 2.34. The molecular formula is C24H22ClNO4. The Bertz CT molecular complexity index is 1050. The van der Waals surface area contributed by atoms with Crippen LogP contribution >= 0.6 is 11.6 Å². The van der Waals surface area contributed by atoms with Crippen LogP contribution in [0.25, 0.3) is 6.08 Å². The first-order valence-electron chi connectivity index (χ1n) is 10.2. The molecule has 0 N–H and O–H groups in total. The maximum Gasteiger partial charge on any atom is 0.247 e. The van der Waals surface area contributed by atoms with Gasteiger partial charge in [0, 0.05) is 23.2 Å². The third-order valence-corrected chi connectivity index (χ3v) is 5.87. The number of benzene rings is 2. The lowest BCUT2D eigenvalue weighted by atomic mass is 10.0. The molecule has 3 aliphatic heterocycles. The van der Waals surface area contributed by atoms with Crippen LogP contribution in [0.1, 0.15) is 30.0 Å². The lowest BCUT2D eigenvalue weighted by Crippen LogP contribution is -2.29. The third kappa shape index (κ3) is 3.77. The van der Waals surface area contributed by atoms with E-state index in [0.29, 0.717) is 24.8 Å². The first-order valence-corrected chi connectivity index (χ1v) is 10.6. The zero-order valence-electron chi connectivity index (χ0n) is 16.5. The first-order chi connectivity index (χ1) is 14.7. The second-order valence-electron chi connectivity index (χ2n) is 7.62. The van der Waals surface area contributed by atoms with E-state index in [0.717, 1.165) is 53.3 Å². The lowest BCUT2D eigenvalue weighted by molar-refractivity contribution is -0.126. The third-order valence-electron chi connectivity index (χ3n) is 5.63. The summed E-state index contributed by atoms with van der Waals surface area (Å²) in [5.41, 5.74) is 2.95. The van der Waals surface area contributed by atoms with E-state index >= 15 is 0 Å². The van der Waals surface area contributed by atoms with Gasteiger partial charge in [0.15, 0.2) is 11.5 Å². The Morgan fingerprint density at radius 2 is 1.87 bits per heavy atom. The van der Waals surface area contributed by atoms with Crippen LogP contribution in [-0.4, -0.2) is 37.2 Å². The van der Waals surface area contributed by atoms with Gasteiger partial charge >= 0.3 is 0 Å². The number of nitrogens with zero attached hydrogens (tertiary/aromatic N) is 1. The van der Waals surface area contributed by atoms with Gasteiger partial charge in [0.05, 0.1) is 6.04 Å². The van der Waals surface area contributed by atoms with Crippen LogP contribution in [0.2, 0.25) is 5.02 Å². The second-order valence-corrected chi connectivity index (χ2v) is 8.05. The van der Waals surface area contributed by atoms with Gasteiger partial charge in [0.25, 0.3) is 0 Å². The molecule has 6 heteroatoms. The SMILES string of the molecule is O=C(/C=C/C1=Cc2cc(Cl)ccc2OC1)N1CCC[C@H]1c1ccc2c(c1)OCCO2. The zero-order chi connectivity index (χ0) is 20.5. The fourth-order valence-electron chi connectivity index (χ4n) is 4.18. The topological polar surface area (TPSA) is 48.0 Å². The molecule has 0 radical (unpaired) electrons. The normalized spacial score (nSPS) is 20.0. The maximum atomic E-state index is 13.0. The molecule has 3 heterocycles. The summed E-state index contributed by atoms with van der Waals surface area (Å²) in [6.45, 7) is 2.31. The molecule has 0 bridgehead atoms. The van der Waals surface area contributed by atoms with Gasteiger partial charge in [-0.1, -0.05) is 23.7 Å². The molecule has 0 aromatic heterocycles. The summed E-state index contributed by atoms with van der Waals surface area (Å²) in [4.78, 5) is 14.9. The van der Waals surface area contributed by atoms with Crippen LogP contribution in [0.3, 0.4) is 0 Å². The molecule has 1 atom stereocenters. The number of carbonyl (C=O) groups excluding carboxylic acids is 1. The van der Waals surface area contributed by atoms with Gasteiger partial charge in [0.2, 0.25) is 5.91 Å². The number of hydrogen-bond donors (Lipinski definition) is 0. The minimum absolute atomic E-state index is 0.00480. The highest BCUT2D eigenvalue weighted by atomic mass is 35.5. The van der Waals surface area contributed by atoms with Crippen LogP contribution in [0.4, 0.5) is 0 Å². The van der Waals surface area contributed by atoms with E-state index in [-0.39, 0.29) is 11.9 Å². The number of fused-ring (bicyclic) bond motifs is 2. The summed E-state index contributed by atoms with van der Waals surface area (Å²) in [6, 6.07) is 11.6. The molecule has 1 saturated heterocycles. The number of likely N-dealkylation sites (tertiary alicyclic amines) is 1. The molecule has 5 rings (SSSR count). The molecule has 0 unspecified atom stereocenters. The number of ether oxygens (including phenoxy) is 3. The highest BCUT2D eigenvalue weighted by Gasteiger charge is 2.30. The van der Waals surface area contributed by atoms with E-state index in [9.17, 15) is 4.79 Å². The van der Waals surface area contributed by atoms with Crippen molar-refractivity contribution in [1.82, 2.24) is 4.90 Å². The highest BCUT2D eigenvalue weighted by Crippen LogP contribution is 2.38. The van der Waals surface area contributed by atoms with Gasteiger partial charge in [-0.2, -0.15) is 0 Å². The predicted molar refractivity (Wildman–Crippen MR) is 115 cm³/mol. The Hall–Kier alpha value is -2.92. The Kier molecular flexibility index (Phi) is 5.13. The fourth-order valence-corrected chi connectivity index (χ4v) is 4.36. The maximum absolute atomic E-state index is 13.0. The molecule has 30 heavy (non-hydrogen) atoms. The minimum atomic E-state index is 0.00480. The molecule has 0 spiro atoms. The van der Waals surface area contributed by atoms with Gasteiger partial charge < -0.3 is 19.1 Å². The second kappa shape index (κ2) is 8.07. The van der Waals surface area contributed by atoms with E-state index in [2.05, 4.69) is 0 Å². The molecule has 0 aliphatic carbocycles. The average molecular weight is 424 g/mol. The zero-order valence-corrected chi connectivity index (χ0v) is 17.2. The summed E-state index contributed by atoms with van der Waals surface area (Å²) in [6.07, 6.45) is 7.41. The van der Waals surface area contributed by atoms with Gasteiger partial charge in [-0.05, 0) is 60.4 Å². The van der Waals surface area contributed by atoms with Crippen molar-refractivity contribution in [3.05, 3.63) is 70.3 Å². The van der Waals surface area contributed by atoms with Crippen LogP contribution < -0.4 is 14.2 Å². The number of amides is 1. The minimum Gasteiger partial charge on any atom is -0.488 e. The Labute approximate surface area is 180 Å². The number of rotatable bonds is 3. The number of hydrogen-bond acceptors (Lipinski definition) is 4. The first kappa shape index (κ1) is 19.1. The van der Waals surface area contributed by atoms with Crippen molar-refractivity contribution in [3.63, 3.8) is 0 Å². The van der Waals surface area contributed by atoms with Gasteiger partial charge in [-0.3, -0.25) is 4.79 Å². The molecule has 3 aliphatic rings. The van der Waals surface area contributed by atoms with E-state index in [4.69, 9.17) is 25.8 Å². The van der Waals surface area contributed by atoms with Gasteiger partial charge in [-0.25, -0.2) is 0 Å². The van der Waals surface area contributed by atoms with Crippen molar-refractivity contribution in [2.75, 3.05) is 26.4 Å². The summed E-state index contributed by atoms with van der Waals surface area (Å²) in [5, 5.41) is 0.661. The van der Waals surface area contributed by atoms with Crippen molar-refractivity contribution in [1.29, 1.82) is 0 Å². The van der Waals surface area contributed by atoms with Crippen molar-refractivity contribution >= 4 is 23.6 Å². The quantitative estimate of drug-likeness (QED) is 0.665. The van der Waals surface area contributed by atoms with Crippen molar-refractivity contribution in [3.8, 4) is 17.2 Å². The van der Waals surface area contributed by atoms with Crippen LogP contribution in [0, 0.1) is 0 Å². The van der Waals surface area contributed by atoms with Gasteiger partial charge in [0.1, 0.15) is 25.6 Å².